The number of aryl methyl sites for hydroxylation is 1. The second kappa shape index (κ2) is 6.53. The Bertz CT molecular complexity index is 907. The van der Waals surface area contributed by atoms with Gasteiger partial charge in [0.25, 0.3) is 0 Å². The van der Waals surface area contributed by atoms with E-state index in [1.165, 1.54) is 0 Å². The molecule has 1 aromatic heterocycles. The van der Waals surface area contributed by atoms with Crippen LogP contribution in [0.2, 0.25) is 5.15 Å². The summed E-state index contributed by atoms with van der Waals surface area (Å²) >= 11 is 9.42. The van der Waals surface area contributed by atoms with E-state index in [-0.39, 0.29) is 10.7 Å². The van der Waals surface area contributed by atoms with Gasteiger partial charge in [-0.25, -0.2) is 13.2 Å². The Labute approximate surface area is 149 Å². The number of halogens is 5. The third-order valence-corrected chi connectivity index (χ3v) is 4.29. The molecule has 0 N–H and O–H groups in total. The maximum absolute atomic E-state index is 14.3. The first-order valence-corrected chi connectivity index (χ1v) is 7.99. The molecule has 122 valence electrons. The maximum Gasteiger partial charge on any atom is 0.160 e. The molecule has 0 aliphatic heterocycles. The predicted octanol–water partition coefficient (Wildman–Crippen LogP) is 5.95. The fraction of sp³-hybridized carbons (Fsp3) is 0.0588. The van der Waals surface area contributed by atoms with Crippen LogP contribution in [-0.2, 0) is 0 Å². The fourth-order valence-electron chi connectivity index (χ4n) is 2.48. The highest BCUT2D eigenvalue weighted by atomic mass is 79.9. The van der Waals surface area contributed by atoms with Crippen LogP contribution in [-0.4, -0.2) is 10.2 Å². The van der Waals surface area contributed by atoms with Crippen molar-refractivity contribution in [3.63, 3.8) is 0 Å². The van der Waals surface area contributed by atoms with Crippen molar-refractivity contribution in [3.8, 4) is 22.3 Å². The summed E-state index contributed by atoms with van der Waals surface area (Å²) in [6, 6.07) is 8.29. The van der Waals surface area contributed by atoms with E-state index in [9.17, 15) is 13.2 Å². The van der Waals surface area contributed by atoms with Crippen molar-refractivity contribution in [2.24, 2.45) is 0 Å². The summed E-state index contributed by atoms with van der Waals surface area (Å²) in [6.07, 6.45) is 0. The zero-order valence-corrected chi connectivity index (χ0v) is 14.6. The van der Waals surface area contributed by atoms with Crippen molar-refractivity contribution in [1.82, 2.24) is 10.2 Å². The lowest BCUT2D eigenvalue weighted by molar-refractivity contribution is 0.548. The monoisotopic (exact) mass is 412 g/mol. The first-order chi connectivity index (χ1) is 11.4. The molecule has 0 aliphatic carbocycles. The van der Waals surface area contributed by atoms with Gasteiger partial charge in [0.2, 0.25) is 0 Å². The highest BCUT2D eigenvalue weighted by molar-refractivity contribution is 9.10. The van der Waals surface area contributed by atoms with Crippen molar-refractivity contribution >= 4 is 27.5 Å². The molecule has 24 heavy (non-hydrogen) atoms. The minimum atomic E-state index is -1.06. The lowest BCUT2D eigenvalue weighted by Crippen LogP contribution is -2.01. The predicted molar refractivity (Wildman–Crippen MR) is 90.2 cm³/mol. The van der Waals surface area contributed by atoms with Crippen LogP contribution in [0.4, 0.5) is 13.2 Å². The maximum atomic E-state index is 14.3. The lowest BCUT2D eigenvalue weighted by Gasteiger charge is -2.15. The minimum Gasteiger partial charge on any atom is -0.207 e. The Morgan fingerprint density at radius 1 is 0.875 bits per heavy atom. The van der Waals surface area contributed by atoms with Crippen LogP contribution in [0.5, 0.6) is 0 Å². The third-order valence-electron chi connectivity index (χ3n) is 3.50. The van der Waals surface area contributed by atoms with Crippen LogP contribution in [0.15, 0.2) is 40.9 Å². The van der Waals surface area contributed by atoms with Crippen LogP contribution in [0.25, 0.3) is 22.3 Å². The van der Waals surface area contributed by atoms with E-state index in [0.29, 0.717) is 29.0 Å². The van der Waals surface area contributed by atoms with Gasteiger partial charge in [0, 0.05) is 27.7 Å². The van der Waals surface area contributed by atoms with Crippen LogP contribution >= 0.6 is 27.5 Å². The number of benzene rings is 2. The normalized spacial score (nSPS) is 10.9. The van der Waals surface area contributed by atoms with Gasteiger partial charge in [-0.05, 0) is 24.6 Å². The third kappa shape index (κ3) is 3.03. The van der Waals surface area contributed by atoms with Crippen LogP contribution < -0.4 is 0 Å². The van der Waals surface area contributed by atoms with Crippen molar-refractivity contribution in [2.75, 3.05) is 0 Å². The first kappa shape index (κ1) is 16.9. The summed E-state index contributed by atoms with van der Waals surface area (Å²) in [5, 5.41) is 7.51. The molecule has 0 aliphatic rings. The zero-order valence-electron chi connectivity index (χ0n) is 12.2. The smallest absolute Gasteiger partial charge is 0.160 e. The summed E-state index contributed by atoms with van der Waals surface area (Å²) < 4.78 is 42.6. The number of hydrogen-bond donors (Lipinski definition) is 0. The van der Waals surface area contributed by atoms with Crippen molar-refractivity contribution < 1.29 is 13.2 Å². The summed E-state index contributed by atoms with van der Waals surface area (Å²) in [6.45, 7) is 1.66. The number of nitrogens with zero attached hydrogens (tertiary/aromatic N) is 2. The summed E-state index contributed by atoms with van der Waals surface area (Å²) in [7, 11) is 0. The second-order valence-corrected chi connectivity index (χ2v) is 6.35. The quantitative estimate of drug-likeness (QED) is 0.519. The highest BCUT2D eigenvalue weighted by Crippen LogP contribution is 2.40. The van der Waals surface area contributed by atoms with Gasteiger partial charge in [0.15, 0.2) is 5.15 Å². The Morgan fingerprint density at radius 2 is 1.46 bits per heavy atom. The van der Waals surface area contributed by atoms with Crippen molar-refractivity contribution in [3.05, 3.63) is 69.2 Å². The first-order valence-electron chi connectivity index (χ1n) is 6.82. The average molecular weight is 414 g/mol. The molecule has 2 nitrogen and oxygen atoms in total. The number of rotatable bonds is 2. The van der Waals surface area contributed by atoms with E-state index in [2.05, 4.69) is 26.1 Å². The summed E-state index contributed by atoms with van der Waals surface area (Å²) in [5.41, 5.74) is 1.15. The summed E-state index contributed by atoms with van der Waals surface area (Å²) in [5.74, 6) is -3.12. The van der Waals surface area contributed by atoms with Crippen molar-refractivity contribution in [2.45, 2.75) is 6.92 Å². The van der Waals surface area contributed by atoms with E-state index in [1.54, 1.807) is 31.2 Å². The molecule has 0 saturated heterocycles. The largest absolute Gasteiger partial charge is 0.207 e. The van der Waals surface area contributed by atoms with Gasteiger partial charge < -0.3 is 0 Å². The minimum absolute atomic E-state index is 0.0430. The van der Waals surface area contributed by atoms with Gasteiger partial charge in [-0.2, -0.15) is 5.10 Å². The number of hydrogen-bond acceptors (Lipinski definition) is 2. The molecule has 1 heterocycles. The molecule has 0 amide bonds. The molecule has 7 heteroatoms. The lowest BCUT2D eigenvalue weighted by atomic mass is 9.94. The molecular weight excluding hydrogens is 405 g/mol. The molecule has 0 unspecified atom stereocenters. The number of aromatic nitrogens is 2. The Balaban J connectivity index is 2.37. The Kier molecular flexibility index (Phi) is 4.60. The molecule has 0 spiro atoms. The molecule has 2 aromatic carbocycles. The zero-order chi connectivity index (χ0) is 17.4. The molecule has 0 bridgehead atoms. The standard InChI is InChI=1S/C17H9BrClF3N2/c1-8-14(9-2-4-10(18)5-3-9)16(17(19)24-23-8)15-12(21)6-11(20)7-13(15)22/h2-7H,1H3. The summed E-state index contributed by atoms with van der Waals surface area (Å²) in [4.78, 5) is 0. The van der Waals surface area contributed by atoms with Gasteiger partial charge in [0.05, 0.1) is 11.3 Å². The van der Waals surface area contributed by atoms with E-state index < -0.39 is 23.0 Å². The molecule has 0 radical (unpaired) electrons. The molecule has 0 fully saturated rings. The molecule has 3 aromatic rings. The van der Waals surface area contributed by atoms with Gasteiger partial charge in [-0.15, -0.1) is 5.10 Å². The topological polar surface area (TPSA) is 25.8 Å². The van der Waals surface area contributed by atoms with E-state index in [4.69, 9.17) is 11.6 Å². The van der Waals surface area contributed by atoms with Gasteiger partial charge in [-0.3, -0.25) is 0 Å². The second-order valence-electron chi connectivity index (χ2n) is 5.08. The van der Waals surface area contributed by atoms with E-state index >= 15 is 0 Å². The molecule has 3 rings (SSSR count). The fourth-order valence-corrected chi connectivity index (χ4v) is 2.97. The SMILES string of the molecule is Cc1nnc(Cl)c(-c2c(F)cc(F)cc2F)c1-c1ccc(Br)cc1. The highest BCUT2D eigenvalue weighted by Gasteiger charge is 2.23. The van der Waals surface area contributed by atoms with Crippen LogP contribution in [0.1, 0.15) is 5.69 Å². The molecule has 0 saturated carbocycles. The Hall–Kier alpha value is -1.92. The van der Waals surface area contributed by atoms with Crippen LogP contribution in [0, 0.1) is 24.4 Å². The molecular formula is C17H9BrClF3N2. The van der Waals surface area contributed by atoms with E-state index in [1.807, 2.05) is 0 Å². The van der Waals surface area contributed by atoms with Gasteiger partial charge in [0.1, 0.15) is 17.5 Å². The van der Waals surface area contributed by atoms with E-state index in [0.717, 1.165) is 4.47 Å². The van der Waals surface area contributed by atoms with Gasteiger partial charge in [-0.1, -0.05) is 39.7 Å². The molecule has 0 atom stereocenters. The average Bonchev–Trinajstić information content (AvgIpc) is 2.51. The Morgan fingerprint density at radius 3 is 2.04 bits per heavy atom. The van der Waals surface area contributed by atoms with Crippen LogP contribution in [0.3, 0.4) is 0 Å². The van der Waals surface area contributed by atoms with Gasteiger partial charge >= 0.3 is 0 Å². The van der Waals surface area contributed by atoms with Crippen molar-refractivity contribution in [1.29, 1.82) is 0 Å².